The third-order valence-electron chi connectivity index (χ3n) is 5.53. The molecular weight excluding hydrogens is 351 g/mol. The van der Waals surface area contributed by atoms with Crippen molar-refractivity contribution in [1.82, 2.24) is 9.47 Å². The fourth-order valence-corrected chi connectivity index (χ4v) is 3.95. The molecule has 138 valence electrons. The van der Waals surface area contributed by atoms with E-state index in [2.05, 4.69) is 22.8 Å². The van der Waals surface area contributed by atoms with Crippen LogP contribution in [0, 0.1) is 5.82 Å². The summed E-state index contributed by atoms with van der Waals surface area (Å²) in [4.78, 5) is 14.2. The van der Waals surface area contributed by atoms with E-state index in [1.165, 1.54) is 0 Å². The second-order valence-corrected chi connectivity index (χ2v) is 7.32. The van der Waals surface area contributed by atoms with Crippen molar-refractivity contribution in [1.29, 1.82) is 0 Å². The number of hydrogen-bond donors (Lipinski definition) is 0. The number of halogens is 1. The molecule has 0 fully saturated rings. The number of aryl methyl sites for hydroxylation is 1. The first-order valence-electron chi connectivity index (χ1n) is 9.31. The van der Waals surface area contributed by atoms with Gasteiger partial charge >= 0.3 is 0 Å². The van der Waals surface area contributed by atoms with E-state index in [0.717, 1.165) is 33.2 Å². The van der Waals surface area contributed by atoms with Gasteiger partial charge in [-0.1, -0.05) is 42.5 Å². The Kier molecular flexibility index (Phi) is 3.79. The molecule has 0 saturated heterocycles. The summed E-state index contributed by atoms with van der Waals surface area (Å²) >= 11 is 0. The SMILES string of the molecule is Cn1ccc2ccc(-c3ccc(CN4Cc5ccccc5C4=O)c(F)c3)cc21. The smallest absolute Gasteiger partial charge is 0.254 e. The fraction of sp³-hybridized carbons (Fsp3) is 0.125. The van der Waals surface area contributed by atoms with Crippen LogP contribution in [0.15, 0.2) is 72.9 Å². The van der Waals surface area contributed by atoms with Crippen LogP contribution in [0.2, 0.25) is 0 Å². The first-order chi connectivity index (χ1) is 13.6. The molecule has 4 heteroatoms. The van der Waals surface area contributed by atoms with Crippen LogP contribution in [0.4, 0.5) is 4.39 Å². The van der Waals surface area contributed by atoms with Crippen molar-refractivity contribution < 1.29 is 9.18 Å². The summed E-state index contributed by atoms with van der Waals surface area (Å²) < 4.78 is 16.9. The van der Waals surface area contributed by atoms with Gasteiger partial charge < -0.3 is 9.47 Å². The van der Waals surface area contributed by atoms with E-state index < -0.39 is 0 Å². The highest BCUT2D eigenvalue weighted by Crippen LogP contribution is 2.28. The minimum atomic E-state index is -0.284. The number of amides is 1. The Labute approximate surface area is 162 Å². The zero-order valence-corrected chi connectivity index (χ0v) is 15.5. The molecule has 3 nitrogen and oxygen atoms in total. The van der Waals surface area contributed by atoms with E-state index in [-0.39, 0.29) is 18.3 Å². The van der Waals surface area contributed by atoms with Crippen molar-refractivity contribution in [2.24, 2.45) is 7.05 Å². The van der Waals surface area contributed by atoms with Crippen molar-refractivity contribution in [3.63, 3.8) is 0 Å². The summed E-state index contributed by atoms with van der Waals surface area (Å²) in [6.45, 7) is 0.802. The summed E-state index contributed by atoms with van der Waals surface area (Å²) in [6.07, 6.45) is 2.02. The van der Waals surface area contributed by atoms with Crippen molar-refractivity contribution in [3.05, 3.63) is 95.4 Å². The molecule has 28 heavy (non-hydrogen) atoms. The number of hydrogen-bond acceptors (Lipinski definition) is 1. The van der Waals surface area contributed by atoms with E-state index in [0.29, 0.717) is 12.1 Å². The van der Waals surface area contributed by atoms with Crippen LogP contribution in [0.25, 0.3) is 22.0 Å². The molecule has 3 aromatic carbocycles. The van der Waals surface area contributed by atoms with Crippen LogP contribution >= 0.6 is 0 Å². The monoisotopic (exact) mass is 370 g/mol. The molecule has 5 rings (SSSR count). The Hall–Kier alpha value is -3.40. The van der Waals surface area contributed by atoms with Gasteiger partial charge in [-0.3, -0.25) is 4.79 Å². The zero-order valence-electron chi connectivity index (χ0n) is 15.5. The van der Waals surface area contributed by atoms with Crippen molar-refractivity contribution in [2.45, 2.75) is 13.1 Å². The van der Waals surface area contributed by atoms with Gasteiger partial charge in [-0.2, -0.15) is 0 Å². The minimum Gasteiger partial charge on any atom is -0.351 e. The summed E-state index contributed by atoms with van der Waals surface area (Å²) in [5.41, 5.74) is 5.17. The standard InChI is InChI=1S/C24H19FN2O/c1-26-11-10-16-6-7-18(13-23(16)26)17-8-9-20(22(25)12-17)15-27-14-19-4-2-3-5-21(19)24(27)28/h2-13H,14-15H2,1H3. The third-order valence-corrected chi connectivity index (χ3v) is 5.53. The van der Waals surface area contributed by atoms with Gasteiger partial charge in [-0.15, -0.1) is 0 Å². The normalized spacial score (nSPS) is 13.4. The number of benzene rings is 3. The molecule has 0 N–H and O–H groups in total. The highest BCUT2D eigenvalue weighted by atomic mass is 19.1. The topological polar surface area (TPSA) is 25.2 Å². The van der Waals surface area contributed by atoms with E-state index in [4.69, 9.17) is 0 Å². The molecule has 0 spiro atoms. The van der Waals surface area contributed by atoms with E-state index >= 15 is 0 Å². The molecule has 0 bridgehead atoms. The summed E-state index contributed by atoms with van der Waals surface area (Å²) in [6, 6.07) is 21.0. The number of rotatable bonds is 3. The minimum absolute atomic E-state index is 0.0340. The second kappa shape index (κ2) is 6.34. The van der Waals surface area contributed by atoms with Crippen LogP contribution in [-0.4, -0.2) is 15.4 Å². The average molecular weight is 370 g/mol. The lowest BCUT2D eigenvalue weighted by molar-refractivity contribution is 0.0765. The van der Waals surface area contributed by atoms with Crippen molar-refractivity contribution in [3.8, 4) is 11.1 Å². The molecule has 0 atom stereocenters. The zero-order chi connectivity index (χ0) is 19.3. The van der Waals surface area contributed by atoms with Gasteiger partial charge in [-0.05, 0) is 46.3 Å². The molecule has 1 aliphatic heterocycles. The largest absolute Gasteiger partial charge is 0.351 e. The summed E-state index contributed by atoms with van der Waals surface area (Å²) in [5.74, 6) is -0.318. The molecule has 0 saturated carbocycles. The molecule has 0 unspecified atom stereocenters. The molecule has 0 aliphatic carbocycles. The molecule has 0 radical (unpaired) electrons. The Morgan fingerprint density at radius 2 is 1.75 bits per heavy atom. The van der Waals surface area contributed by atoms with Crippen LogP contribution in [0.5, 0.6) is 0 Å². The van der Waals surface area contributed by atoms with Crippen molar-refractivity contribution >= 4 is 16.8 Å². The molecule has 1 aromatic heterocycles. The van der Waals surface area contributed by atoms with Crippen LogP contribution in [0.3, 0.4) is 0 Å². The number of nitrogens with zero attached hydrogens (tertiary/aromatic N) is 2. The molecule has 1 amide bonds. The predicted molar refractivity (Wildman–Crippen MR) is 108 cm³/mol. The Morgan fingerprint density at radius 3 is 2.57 bits per heavy atom. The van der Waals surface area contributed by atoms with Gasteiger partial charge in [-0.25, -0.2) is 4.39 Å². The van der Waals surface area contributed by atoms with Gasteiger partial charge in [0.25, 0.3) is 5.91 Å². The number of fused-ring (bicyclic) bond motifs is 2. The van der Waals surface area contributed by atoms with E-state index in [1.807, 2.05) is 49.6 Å². The summed E-state index contributed by atoms with van der Waals surface area (Å²) in [7, 11) is 2.00. The van der Waals surface area contributed by atoms with Gasteiger partial charge in [0.15, 0.2) is 0 Å². The molecule has 2 heterocycles. The van der Waals surface area contributed by atoms with Crippen LogP contribution in [0.1, 0.15) is 21.5 Å². The number of carbonyl (C=O) groups is 1. The van der Waals surface area contributed by atoms with Gasteiger partial charge in [0.05, 0.1) is 0 Å². The van der Waals surface area contributed by atoms with Crippen molar-refractivity contribution in [2.75, 3.05) is 0 Å². The highest BCUT2D eigenvalue weighted by molar-refractivity contribution is 5.98. The molecule has 4 aromatic rings. The highest BCUT2D eigenvalue weighted by Gasteiger charge is 2.27. The maximum absolute atomic E-state index is 14.8. The van der Waals surface area contributed by atoms with E-state index in [1.54, 1.807) is 17.0 Å². The number of carbonyl (C=O) groups excluding carboxylic acids is 1. The average Bonchev–Trinajstić information content (AvgIpc) is 3.24. The van der Waals surface area contributed by atoms with Gasteiger partial charge in [0, 0.05) is 43.0 Å². The lowest BCUT2D eigenvalue weighted by atomic mass is 10.0. The Bertz CT molecular complexity index is 1220. The Balaban J connectivity index is 1.42. The first kappa shape index (κ1) is 16.8. The molecule has 1 aliphatic rings. The third kappa shape index (κ3) is 2.69. The lowest BCUT2D eigenvalue weighted by Gasteiger charge is -2.16. The van der Waals surface area contributed by atoms with E-state index in [9.17, 15) is 9.18 Å². The molecular formula is C24H19FN2O. The maximum Gasteiger partial charge on any atom is 0.254 e. The fourth-order valence-electron chi connectivity index (χ4n) is 3.95. The summed E-state index contributed by atoms with van der Waals surface area (Å²) in [5, 5.41) is 1.16. The Morgan fingerprint density at radius 1 is 0.964 bits per heavy atom. The van der Waals surface area contributed by atoms with Crippen LogP contribution in [-0.2, 0) is 20.1 Å². The predicted octanol–water partition coefficient (Wildman–Crippen LogP) is 5.14. The quantitative estimate of drug-likeness (QED) is 0.490. The van der Waals surface area contributed by atoms with Crippen LogP contribution < -0.4 is 0 Å². The maximum atomic E-state index is 14.8. The number of aromatic nitrogens is 1. The van der Waals surface area contributed by atoms with Gasteiger partial charge in [0.2, 0.25) is 0 Å². The lowest BCUT2D eigenvalue weighted by Crippen LogP contribution is -2.23. The van der Waals surface area contributed by atoms with Gasteiger partial charge in [0.1, 0.15) is 5.82 Å². The first-order valence-corrected chi connectivity index (χ1v) is 9.31. The second-order valence-electron chi connectivity index (χ2n) is 7.32.